The second kappa shape index (κ2) is 11.1. The van der Waals surface area contributed by atoms with Crippen LogP contribution in [-0.4, -0.2) is 45.3 Å². The fourth-order valence-corrected chi connectivity index (χ4v) is 2.70. The molecule has 0 bridgehead atoms. The summed E-state index contributed by atoms with van der Waals surface area (Å²) in [5.41, 5.74) is 2.27. The Hall–Kier alpha value is -2.87. The predicted octanol–water partition coefficient (Wildman–Crippen LogP) is 4.46. The average molecular weight is 449 g/mol. The van der Waals surface area contributed by atoms with E-state index in [4.69, 9.17) is 14.6 Å². The number of benzene rings is 1. The lowest BCUT2D eigenvalue weighted by Crippen LogP contribution is -2.58. The standard InChI is InChI=1S/C24H36N2O6/c1-16(2)20(19(28)14-13-17-9-11-18(15-27)12-10-17)26(22(30)32-24(6,7)8)25-21(29)31-23(3,4)5/h9-14,16,20,27H,15H2,1-8H3,(H,25,29)/b14-13+. The van der Waals surface area contributed by atoms with E-state index in [1.54, 1.807) is 85.7 Å². The highest BCUT2D eigenvalue weighted by Crippen LogP contribution is 2.18. The van der Waals surface area contributed by atoms with Crippen LogP contribution in [0.1, 0.15) is 66.5 Å². The topological polar surface area (TPSA) is 105 Å². The molecule has 8 heteroatoms. The van der Waals surface area contributed by atoms with Gasteiger partial charge < -0.3 is 14.6 Å². The Morgan fingerprint density at radius 1 is 1.00 bits per heavy atom. The number of carbonyl (C=O) groups is 3. The molecule has 0 spiro atoms. The minimum atomic E-state index is -1.02. The van der Waals surface area contributed by atoms with E-state index in [0.29, 0.717) is 0 Å². The number of aliphatic hydroxyl groups is 1. The zero-order valence-corrected chi connectivity index (χ0v) is 20.3. The highest BCUT2D eigenvalue weighted by molar-refractivity contribution is 5.99. The zero-order chi connectivity index (χ0) is 24.7. The van der Waals surface area contributed by atoms with Crippen LogP contribution in [0.25, 0.3) is 6.08 Å². The summed E-state index contributed by atoms with van der Waals surface area (Å²) < 4.78 is 10.7. The van der Waals surface area contributed by atoms with Crippen molar-refractivity contribution in [1.82, 2.24) is 10.4 Å². The third-order valence-corrected chi connectivity index (χ3v) is 4.00. The lowest BCUT2D eigenvalue weighted by molar-refractivity contribution is -0.122. The maximum absolute atomic E-state index is 13.1. The highest BCUT2D eigenvalue weighted by atomic mass is 16.6. The van der Waals surface area contributed by atoms with E-state index in [0.717, 1.165) is 16.1 Å². The molecule has 1 rings (SSSR count). The number of nitrogens with zero attached hydrogens (tertiary/aromatic N) is 1. The predicted molar refractivity (Wildman–Crippen MR) is 122 cm³/mol. The van der Waals surface area contributed by atoms with Crippen LogP contribution in [0.3, 0.4) is 0 Å². The maximum atomic E-state index is 13.1. The first-order valence-corrected chi connectivity index (χ1v) is 10.6. The lowest BCUT2D eigenvalue weighted by Gasteiger charge is -2.34. The van der Waals surface area contributed by atoms with Crippen molar-refractivity contribution in [2.45, 2.75) is 79.2 Å². The van der Waals surface area contributed by atoms with Gasteiger partial charge in [0.25, 0.3) is 0 Å². The lowest BCUT2D eigenvalue weighted by atomic mass is 9.98. The molecule has 0 heterocycles. The van der Waals surface area contributed by atoms with Gasteiger partial charge in [0.1, 0.15) is 17.2 Å². The van der Waals surface area contributed by atoms with Gasteiger partial charge in [-0.25, -0.2) is 20.0 Å². The summed E-state index contributed by atoms with van der Waals surface area (Å²) in [7, 11) is 0. The Labute approximate surface area is 190 Å². The number of amides is 2. The smallest absolute Gasteiger partial charge is 0.430 e. The molecular weight excluding hydrogens is 412 g/mol. The minimum Gasteiger partial charge on any atom is -0.443 e. The van der Waals surface area contributed by atoms with E-state index in [-0.39, 0.29) is 12.5 Å². The van der Waals surface area contributed by atoms with Crippen molar-refractivity contribution in [1.29, 1.82) is 0 Å². The molecule has 0 aliphatic heterocycles. The first-order chi connectivity index (χ1) is 14.6. The molecule has 0 saturated heterocycles. The molecule has 178 valence electrons. The van der Waals surface area contributed by atoms with Crippen molar-refractivity contribution in [3.8, 4) is 0 Å². The Morgan fingerprint density at radius 2 is 1.53 bits per heavy atom. The summed E-state index contributed by atoms with van der Waals surface area (Å²) >= 11 is 0. The molecule has 0 radical (unpaired) electrons. The molecule has 2 amide bonds. The van der Waals surface area contributed by atoms with Crippen molar-refractivity contribution in [2.75, 3.05) is 0 Å². The molecular formula is C24H36N2O6. The fourth-order valence-electron chi connectivity index (χ4n) is 2.70. The number of ether oxygens (including phenoxy) is 2. The van der Waals surface area contributed by atoms with Gasteiger partial charge in [-0.05, 0) is 64.7 Å². The van der Waals surface area contributed by atoms with E-state index in [1.807, 2.05) is 0 Å². The summed E-state index contributed by atoms with van der Waals surface area (Å²) in [6.07, 6.45) is 1.23. The van der Waals surface area contributed by atoms with E-state index in [1.165, 1.54) is 6.08 Å². The second-order valence-electron chi connectivity index (χ2n) is 9.79. The maximum Gasteiger partial charge on any atom is 0.430 e. The molecule has 0 aliphatic rings. The molecule has 8 nitrogen and oxygen atoms in total. The van der Waals surface area contributed by atoms with Crippen LogP contribution in [0.5, 0.6) is 0 Å². The van der Waals surface area contributed by atoms with Gasteiger partial charge >= 0.3 is 12.2 Å². The van der Waals surface area contributed by atoms with Gasteiger partial charge in [0.2, 0.25) is 0 Å². The molecule has 32 heavy (non-hydrogen) atoms. The average Bonchev–Trinajstić information content (AvgIpc) is 2.63. The molecule has 0 aromatic heterocycles. The summed E-state index contributed by atoms with van der Waals surface area (Å²) in [4.78, 5) is 38.4. The molecule has 1 aromatic carbocycles. The summed E-state index contributed by atoms with van der Waals surface area (Å²) in [6, 6.07) is 6.02. The number of hydrogen-bond acceptors (Lipinski definition) is 6. The van der Waals surface area contributed by atoms with Crippen LogP contribution in [0.2, 0.25) is 0 Å². The number of nitrogens with one attached hydrogen (secondary N) is 1. The SMILES string of the molecule is CC(C)C(C(=O)/C=C/c1ccc(CO)cc1)N(NC(=O)OC(C)(C)C)C(=O)OC(C)(C)C. The third kappa shape index (κ3) is 9.51. The van der Waals surface area contributed by atoms with Gasteiger partial charge in [0.15, 0.2) is 5.78 Å². The number of rotatable bonds is 6. The van der Waals surface area contributed by atoms with Gasteiger partial charge in [-0.15, -0.1) is 0 Å². The Balaban J connectivity index is 3.19. The quantitative estimate of drug-likeness (QED) is 0.492. The van der Waals surface area contributed by atoms with Gasteiger partial charge in [-0.3, -0.25) is 4.79 Å². The second-order valence-corrected chi connectivity index (χ2v) is 9.79. The molecule has 1 aromatic rings. The normalized spacial score (nSPS) is 13.1. The van der Waals surface area contributed by atoms with E-state index < -0.39 is 35.2 Å². The van der Waals surface area contributed by atoms with Crippen molar-refractivity contribution in [2.24, 2.45) is 5.92 Å². The molecule has 1 atom stereocenters. The monoisotopic (exact) mass is 448 g/mol. The van der Waals surface area contributed by atoms with Gasteiger partial charge in [-0.2, -0.15) is 0 Å². The van der Waals surface area contributed by atoms with E-state index in [9.17, 15) is 14.4 Å². The van der Waals surface area contributed by atoms with Crippen LogP contribution in [-0.2, 0) is 20.9 Å². The van der Waals surface area contributed by atoms with Crippen molar-refractivity contribution < 1.29 is 29.0 Å². The molecule has 0 saturated carbocycles. The van der Waals surface area contributed by atoms with Crippen LogP contribution in [0.4, 0.5) is 9.59 Å². The van der Waals surface area contributed by atoms with Crippen molar-refractivity contribution >= 4 is 24.0 Å². The van der Waals surface area contributed by atoms with Crippen molar-refractivity contribution in [3.05, 3.63) is 41.5 Å². The Kier molecular flexibility index (Phi) is 9.45. The van der Waals surface area contributed by atoms with Crippen LogP contribution >= 0.6 is 0 Å². The van der Waals surface area contributed by atoms with Crippen LogP contribution in [0.15, 0.2) is 30.3 Å². The van der Waals surface area contributed by atoms with Gasteiger partial charge in [0.05, 0.1) is 6.61 Å². The van der Waals surface area contributed by atoms with E-state index in [2.05, 4.69) is 5.43 Å². The first kappa shape index (κ1) is 27.2. The Morgan fingerprint density at radius 3 is 1.97 bits per heavy atom. The zero-order valence-electron chi connectivity index (χ0n) is 20.3. The first-order valence-electron chi connectivity index (χ1n) is 10.6. The summed E-state index contributed by atoms with van der Waals surface area (Å²) in [6.45, 7) is 13.6. The molecule has 0 aliphatic carbocycles. The van der Waals surface area contributed by atoms with Crippen LogP contribution < -0.4 is 5.43 Å². The van der Waals surface area contributed by atoms with Gasteiger partial charge in [0, 0.05) is 0 Å². The van der Waals surface area contributed by atoms with Crippen molar-refractivity contribution in [3.63, 3.8) is 0 Å². The molecule has 1 unspecified atom stereocenters. The fraction of sp³-hybridized carbons (Fsp3) is 0.542. The summed E-state index contributed by atoms with van der Waals surface area (Å²) in [5, 5.41) is 10.0. The number of carbonyl (C=O) groups excluding carboxylic acids is 3. The molecule has 2 N–H and O–H groups in total. The highest BCUT2D eigenvalue weighted by Gasteiger charge is 2.36. The van der Waals surface area contributed by atoms with Gasteiger partial charge in [-0.1, -0.05) is 44.2 Å². The van der Waals surface area contributed by atoms with Crippen LogP contribution in [0, 0.1) is 5.92 Å². The summed E-state index contributed by atoms with van der Waals surface area (Å²) in [5.74, 6) is -0.737. The number of ketones is 1. The largest absolute Gasteiger partial charge is 0.443 e. The Bertz CT molecular complexity index is 816. The third-order valence-electron chi connectivity index (χ3n) is 4.00. The number of hydrogen-bond donors (Lipinski definition) is 2. The minimum absolute atomic E-state index is 0.0699. The van der Waals surface area contributed by atoms with E-state index >= 15 is 0 Å². The molecule has 0 fully saturated rings. The number of aliphatic hydroxyl groups excluding tert-OH is 1. The number of hydrazine groups is 1.